The van der Waals surface area contributed by atoms with Crippen LogP contribution in [0.4, 0.5) is 0 Å². The Morgan fingerprint density at radius 3 is 2.20 bits per heavy atom. The van der Waals surface area contributed by atoms with E-state index >= 15 is 0 Å². The summed E-state index contributed by atoms with van der Waals surface area (Å²) in [5.41, 5.74) is 0.124. The van der Waals surface area contributed by atoms with Crippen LogP contribution >= 0.6 is 0 Å². The first-order valence-electron chi connectivity index (χ1n) is 5.53. The lowest BCUT2D eigenvalue weighted by Crippen LogP contribution is -2.48. The zero-order valence-electron chi connectivity index (χ0n) is 10.3. The zero-order chi connectivity index (χ0) is 11.5. The number of rotatable bonds is 1. The molecule has 1 aliphatic heterocycles. The van der Waals surface area contributed by atoms with Crippen LogP contribution in [0.1, 0.15) is 20.8 Å². The second-order valence-corrected chi connectivity index (χ2v) is 5.44. The fraction of sp³-hybridized carbons (Fsp3) is 0.909. The van der Waals surface area contributed by atoms with Crippen LogP contribution in [0.2, 0.25) is 0 Å². The summed E-state index contributed by atoms with van der Waals surface area (Å²) in [6.07, 6.45) is 0. The van der Waals surface area contributed by atoms with Gasteiger partial charge >= 0.3 is 0 Å². The molecule has 0 aliphatic carbocycles. The third kappa shape index (κ3) is 4.51. The van der Waals surface area contributed by atoms with E-state index in [4.69, 9.17) is 10.1 Å². The van der Waals surface area contributed by atoms with Gasteiger partial charge in [-0.3, -0.25) is 5.41 Å². The van der Waals surface area contributed by atoms with Crippen LogP contribution in [0.3, 0.4) is 0 Å². The summed E-state index contributed by atoms with van der Waals surface area (Å²) in [5, 5.41) is 7.81. The normalized spacial score (nSPS) is 19.1. The molecule has 0 bridgehead atoms. The molecule has 88 valence electrons. The van der Waals surface area contributed by atoms with E-state index in [9.17, 15) is 0 Å². The smallest absolute Gasteiger partial charge is 0.284 e. The molecule has 0 aromatic heterocycles. The topological polar surface area (TPSA) is 39.6 Å². The molecule has 1 fully saturated rings. The Bertz CT molecular complexity index is 214. The van der Waals surface area contributed by atoms with E-state index in [0.717, 1.165) is 26.2 Å². The summed E-state index contributed by atoms with van der Waals surface area (Å²) < 4.78 is 5.47. The van der Waals surface area contributed by atoms with Crippen molar-refractivity contribution in [2.45, 2.75) is 20.8 Å². The highest BCUT2D eigenvalue weighted by atomic mass is 16.5. The van der Waals surface area contributed by atoms with E-state index in [0.29, 0.717) is 12.6 Å². The average molecular weight is 213 g/mol. The number of nitrogens with one attached hydrogen (secondary N) is 1. The van der Waals surface area contributed by atoms with Crippen molar-refractivity contribution in [3.63, 3.8) is 0 Å². The van der Waals surface area contributed by atoms with Gasteiger partial charge in [-0.1, -0.05) is 20.8 Å². The molecule has 0 spiro atoms. The van der Waals surface area contributed by atoms with E-state index in [-0.39, 0.29) is 5.41 Å². The molecule has 0 amide bonds. The SMILES string of the molecule is CN1CCN(C(=N)OCC(C)(C)C)CC1. The van der Waals surface area contributed by atoms with Crippen molar-refractivity contribution >= 4 is 6.02 Å². The van der Waals surface area contributed by atoms with Gasteiger partial charge in [-0.15, -0.1) is 0 Å². The first-order valence-corrected chi connectivity index (χ1v) is 5.53. The average Bonchev–Trinajstić information content (AvgIpc) is 2.14. The summed E-state index contributed by atoms with van der Waals surface area (Å²) in [5.74, 6) is 0. The lowest BCUT2D eigenvalue weighted by molar-refractivity contribution is 0.128. The van der Waals surface area contributed by atoms with Crippen molar-refractivity contribution in [3.05, 3.63) is 0 Å². The van der Waals surface area contributed by atoms with E-state index in [1.807, 2.05) is 4.90 Å². The second kappa shape index (κ2) is 4.84. The lowest BCUT2D eigenvalue weighted by atomic mass is 9.99. The van der Waals surface area contributed by atoms with Gasteiger partial charge in [0.15, 0.2) is 0 Å². The molecule has 4 heteroatoms. The number of hydrogen-bond donors (Lipinski definition) is 1. The minimum Gasteiger partial charge on any atom is -0.465 e. The molecule has 1 saturated heterocycles. The molecular weight excluding hydrogens is 190 g/mol. The van der Waals surface area contributed by atoms with Gasteiger partial charge in [0.2, 0.25) is 0 Å². The molecule has 0 aromatic carbocycles. The largest absolute Gasteiger partial charge is 0.465 e. The summed E-state index contributed by atoms with van der Waals surface area (Å²) in [7, 11) is 2.11. The van der Waals surface area contributed by atoms with Crippen LogP contribution in [0.5, 0.6) is 0 Å². The third-order valence-electron chi connectivity index (χ3n) is 2.43. The highest BCUT2D eigenvalue weighted by Gasteiger charge is 2.19. The van der Waals surface area contributed by atoms with E-state index < -0.39 is 0 Å². The highest BCUT2D eigenvalue weighted by Crippen LogP contribution is 2.13. The first kappa shape index (κ1) is 12.3. The Balaban J connectivity index is 2.29. The van der Waals surface area contributed by atoms with Crippen LogP contribution in [0, 0.1) is 10.8 Å². The monoisotopic (exact) mass is 213 g/mol. The second-order valence-electron chi connectivity index (χ2n) is 5.44. The Hall–Kier alpha value is -0.770. The van der Waals surface area contributed by atoms with Crippen molar-refractivity contribution in [1.29, 1.82) is 5.41 Å². The van der Waals surface area contributed by atoms with Crippen molar-refractivity contribution in [2.75, 3.05) is 39.8 Å². The maximum Gasteiger partial charge on any atom is 0.284 e. The zero-order valence-corrected chi connectivity index (χ0v) is 10.3. The molecule has 0 atom stereocenters. The van der Waals surface area contributed by atoms with Crippen molar-refractivity contribution in [2.24, 2.45) is 5.41 Å². The van der Waals surface area contributed by atoms with Gasteiger partial charge in [0, 0.05) is 26.2 Å². The molecule has 1 heterocycles. The summed E-state index contributed by atoms with van der Waals surface area (Å²) in [4.78, 5) is 4.28. The fourth-order valence-electron chi connectivity index (χ4n) is 1.39. The molecular formula is C11H23N3O. The highest BCUT2D eigenvalue weighted by molar-refractivity contribution is 5.70. The Kier molecular flexibility index (Phi) is 3.97. The molecule has 0 radical (unpaired) electrons. The number of hydrogen-bond acceptors (Lipinski definition) is 3. The summed E-state index contributed by atoms with van der Waals surface area (Å²) in [6.45, 7) is 10.8. The van der Waals surface area contributed by atoms with E-state index in [1.54, 1.807) is 0 Å². The van der Waals surface area contributed by atoms with Crippen LogP contribution in [0.15, 0.2) is 0 Å². The van der Waals surface area contributed by atoms with Gasteiger partial charge < -0.3 is 14.5 Å². The van der Waals surface area contributed by atoms with Crippen LogP contribution in [0.25, 0.3) is 0 Å². The van der Waals surface area contributed by atoms with Crippen LogP contribution < -0.4 is 0 Å². The molecule has 0 unspecified atom stereocenters. The molecule has 0 saturated carbocycles. The van der Waals surface area contributed by atoms with Gasteiger partial charge in [0.05, 0.1) is 6.61 Å². The fourth-order valence-corrected chi connectivity index (χ4v) is 1.39. The van der Waals surface area contributed by atoms with E-state index in [2.05, 4.69) is 32.7 Å². The number of ether oxygens (including phenoxy) is 1. The van der Waals surface area contributed by atoms with Gasteiger partial charge in [-0.25, -0.2) is 0 Å². The van der Waals surface area contributed by atoms with Gasteiger partial charge in [-0.2, -0.15) is 0 Å². The van der Waals surface area contributed by atoms with Crippen molar-refractivity contribution < 1.29 is 4.74 Å². The molecule has 1 aliphatic rings. The maximum atomic E-state index is 7.81. The van der Waals surface area contributed by atoms with Gasteiger partial charge in [0.25, 0.3) is 6.02 Å². The van der Waals surface area contributed by atoms with Crippen molar-refractivity contribution in [1.82, 2.24) is 9.80 Å². The lowest BCUT2D eigenvalue weighted by Gasteiger charge is -2.34. The Labute approximate surface area is 92.7 Å². The summed E-state index contributed by atoms with van der Waals surface area (Å²) >= 11 is 0. The van der Waals surface area contributed by atoms with Crippen LogP contribution in [-0.2, 0) is 4.74 Å². The van der Waals surface area contributed by atoms with Crippen LogP contribution in [-0.4, -0.2) is 55.7 Å². The third-order valence-corrected chi connectivity index (χ3v) is 2.43. The number of amidine groups is 1. The minimum atomic E-state index is 0.124. The Morgan fingerprint density at radius 1 is 1.20 bits per heavy atom. The van der Waals surface area contributed by atoms with Crippen molar-refractivity contribution in [3.8, 4) is 0 Å². The quantitative estimate of drug-likeness (QED) is 0.526. The standard InChI is InChI=1S/C11H23N3O/c1-11(2,3)9-15-10(12)14-7-5-13(4)6-8-14/h12H,5-9H2,1-4H3. The Morgan fingerprint density at radius 2 is 1.73 bits per heavy atom. The van der Waals surface area contributed by atoms with E-state index in [1.165, 1.54) is 0 Å². The predicted molar refractivity (Wildman–Crippen MR) is 62.2 cm³/mol. The maximum absolute atomic E-state index is 7.81. The molecule has 1 rings (SSSR count). The summed E-state index contributed by atoms with van der Waals surface area (Å²) in [6, 6.07) is 0.332. The minimum absolute atomic E-state index is 0.124. The molecule has 15 heavy (non-hydrogen) atoms. The van der Waals surface area contributed by atoms with Gasteiger partial charge in [0.1, 0.15) is 0 Å². The molecule has 1 N–H and O–H groups in total. The number of piperazine rings is 1. The molecule has 0 aromatic rings. The first-order chi connectivity index (χ1) is 6.88. The number of likely N-dealkylation sites (N-methyl/N-ethyl adjacent to an activating group) is 1. The number of nitrogens with zero attached hydrogens (tertiary/aromatic N) is 2. The van der Waals surface area contributed by atoms with Gasteiger partial charge in [-0.05, 0) is 12.5 Å². The predicted octanol–water partition coefficient (Wildman–Crippen LogP) is 1.23. The molecule has 4 nitrogen and oxygen atoms in total.